The average molecular weight is 420 g/mol. The van der Waals surface area contributed by atoms with Gasteiger partial charge in [-0.1, -0.05) is 29.8 Å². The van der Waals surface area contributed by atoms with Gasteiger partial charge < -0.3 is 10.5 Å². The van der Waals surface area contributed by atoms with E-state index in [2.05, 4.69) is 9.98 Å². The van der Waals surface area contributed by atoms with Crippen molar-refractivity contribution >= 4 is 23.2 Å². The van der Waals surface area contributed by atoms with Crippen LogP contribution in [-0.2, 0) is 23.1 Å². The summed E-state index contributed by atoms with van der Waals surface area (Å²) < 4.78 is 35.4. The first kappa shape index (κ1) is 19.9. The van der Waals surface area contributed by atoms with E-state index in [1.807, 2.05) is 6.07 Å². The summed E-state index contributed by atoms with van der Waals surface area (Å²) in [5, 5.41) is 0.436. The summed E-state index contributed by atoms with van der Waals surface area (Å²) in [5.41, 5.74) is 6.21. The van der Waals surface area contributed by atoms with Crippen LogP contribution >= 0.6 is 11.6 Å². The smallest absolute Gasteiger partial charge is 0.299 e. The highest BCUT2D eigenvalue weighted by Crippen LogP contribution is 2.50. The van der Waals surface area contributed by atoms with Gasteiger partial charge in [0.25, 0.3) is 5.92 Å². The Kier molecular flexibility index (Phi) is 5.12. The summed E-state index contributed by atoms with van der Waals surface area (Å²) >= 11 is 5.81. The van der Waals surface area contributed by atoms with Crippen LogP contribution in [0.2, 0.25) is 5.02 Å². The Labute approximate surface area is 171 Å². The molecule has 0 saturated carbocycles. The lowest BCUT2D eigenvalue weighted by molar-refractivity contribution is -0.125. The van der Waals surface area contributed by atoms with Gasteiger partial charge in [-0.3, -0.25) is 14.8 Å². The van der Waals surface area contributed by atoms with Crippen molar-refractivity contribution in [1.29, 1.82) is 0 Å². The predicted molar refractivity (Wildman–Crippen MR) is 106 cm³/mol. The molecule has 1 aromatic heterocycles. The Bertz CT molecular complexity index is 978. The molecule has 2 aliphatic rings. The number of carbonyl (C=O) groups is 1. The fraction of sp³-hybridized carbons (Fsp3) is 0.381. The van der Waals surface area contributed by atoms with Crippen LogP contribution in [0.5, 0.6) is 0 Å². The summed E-state index contributed by atoms with van der Waals surface area (Å²) in [6, 6.07) is 8.41. The maximum Gasteiger partial charge on any atom is 0.299 e. The third kappa shape index (κ3) is 3.65. The lowest BCUT2D eigenvalue weighted by Gasteiger charge is -2.40. The number of nitrogens with zero attached hydrogens (tertiary/aromatic N) is 2. The summed E-state index contributed by atoms with van der Waals surface area (Å²) in [7, 11) is 0. The highest BCUT2D eigenvalue weighted by atomic mass is 35.5. The summed E-state index contributed by atoms with van der Waals surface area (Å²) in [4.78, 5) is 20.9. The van der Waals surface area contributed by atoms with Crippen molar-refractivity contribution in [2.75, 3.05) is 13.2 Å². The van der Waals surface area contributed by atoms with Gasteiger partial charge in [-0.2, -0.15) is 0 Å². The number of fused-ring (bicyclic) bond motifs is 2. The molecule has 0 amide bonds. The molecule has 8 heteroatoms. The highest BCUT2D eigenvalue weighted by Gasteiger charge is 2.57. The summed E-state index contributed by atoms with van der Waals surface area (Å²) in [6.45, 7) is -0.860. The molecular formula is C21H20ClF2N3O2. The van der Waals surface area contributed by atoms with E-state index >= 15 is 8.78 Å². The number of aromatic nitrogens is 1. The monoisotopic (exact) mass is 419 g/mol. The molecule has 1 atom stereocenters. The molecule has 0 radical (unpaired) electrons. The zero-order chi connectivity index (χ0) is 20.6. The van der Waals surface area contributed by atoms with Crippen molar-refractivity contribution in [2.45, 2.75) is 37.1 Å². The van der Waals surface area contributed by atoms with E-state index in [0.717, 1.165) is 5.56 Å². The van der Waals surface area contributed by atoms with Gasteiger partial charge in [-0.25, -0.2) is 8.78 Å². The molecule has 4 rings (SSSR count). The summed E-state index contributed by atoms with van der Waals surface area (Å²) in [5.74, 6) is -3.36. The van der Waals surface area contributed by atoms with E-state index in [0.29, 0.717) is 29.0 Å². The van der Waals surface area contributed by atoms with Gasteiger partial charge in [0.1, 0.15) is 24.7 Å². The van der Waals surface area contributed by atoms with E-state index in [-0.39, 0.29) is 36.8 Å². The van der Waals surface area contributed by atoms with E-state index in [4.69, 9.17) is 22.1 Å². The number of benzene rings is 1. The Morgan fingerprint density at radius 2 is 2.10 bits per heavy atom. The van der Waals surface area contributed by atoms with Gasteiger partial charge in [0.15, 0.2) is 11.3 Å². The maximum absolute atomic E-state index is 15.2. The quantitative estimate of drug-likeness (QED) is 0.769. The lowest BCUT2D eigenvalue weighted by atomic mass is 9.72. The SMILES string of the molecule is NC1=N[C@@]2(CCCc3ccc(CC(=O)c4ccc(Cl)cn4)cc32)C(F)(F)COC1. The number of amidine groups is 1. The molecule has 1 aliphatic carbocycles. The minimum atomic E-state index is -3.20. The first-order valence-electron chi connectivity index (χ1n) is 9.37. The Morgan fingerprint density at radius 3 is 2.86 bits per heavy atom. The van der Waals surface area contributed by atoms with Gasteiger partial charge >= 0.3 is 0 Å². The number of ether oxygens (including phenoxy) is 1. The van der Waals surface area contributed by atoms with Crippen LogP contribution in [0.1, 0.15) is 40.0 Å². The van der Waals surface area contributed by atoms with Crippen LogP contribution in [-0.4, -0.2) is 35.7 Å². The van der Waals surface area contributed by atoms with Crippen molar-refractivity contribution < 1.29 is 18.3 Å². The van der Waals surface area contributed by atoms with Crippen molar-refractivity contribution in [3.63, 3.8) is 0 Å². The first-order chi connectivity index (χ1) is 13.8. The molecule has 1 aromatic carbocycles. The van der Waals surface area contributed by atoms with Crippen molar-refractivity contribution in [2.24, 2.45) is 10.7 Å². The van der Waals surface area contributed by atoms with Gasteiger partial charge in [0, 0.05) is 12.6 Å². The number of alkyl halides is 2. The molecule has 2 heterocycles. The largest absolute Gasteiger partial charge is 0.385 e. The third-order valence-electron chi connectivity index (χ3n) is 5.46. The second-order valence-corrected chi connectivity index (χ2v) is 7.90. The fourth-order valence-corrected chi connectivity index (χ4v) is 4.19. The number of rotatable bonds is 3. The van der Waals surface area contributed by atoms with Gasteiger partial charge in [0.2, 0.25) is 0 Å². The van der Waals surface area contributed by atoms with Crippen molar-refractivity contribution in [3.8, 4) is 0 Å². The van der Waals surface area contributed by atoms with Crippen LogP contribution in [0.3, 0.4) is 0 Å². The molecule has 0 fully saturated rings. The number of Topliss-reactive ketones (excluding diaryl/α,β-unsaturated/α-hetero) is 1. The number of pyridine rings is 1. The Balaban J connectivity index is 1.73. The second kappa shape index (κ2) is 7.46. The minimum Gasteiger partial charge on any atom is -0.385 e. The minimum absolute atomic E-state index is 0.0409. The van der Waals surface area contributed by atoms with Gasteiger partial charge in [-0.15, -0.1) is 0 Å². The normalized spacial score (nSPS) is 23.2. The van der Waals surface area contributed by atoms with E-state index in [9.17, 15) is 4.79 Å². The number of aliphatic imine (C=N–C) groups is 1. The maximum atomic E-state index is 15.2. The molecule has 0 saturated heterocycles. The Hall–Kier alpha value is -2.38. The topological polar surface area (TPSA) is 77.6 Å². The molecule has 2 aromatic rings. The van der Waals surface area contributed by atoms with Crippen LogP contribution in [0.15, 0.2) is 41.5 Å². The Morgan fingerprint density at radius 1 is 1.28 bits per heavy atom. The lowest BCUT2D eigenvalue weighted by Crippen LogP contribution is -2.48. The number of carbonyl (C=O) groups excluding carboxylic acids is 1. The van der Waals surface area contributed by atoms with E-state index in [1.54, 1.807) is 24.3 Å². The number of hydrogen-bond donors (Lipinski definition) is 1. The van der Waals surface area contributed by atoms with Crippen molar-refractivity contribution in [3.05, 3.63) is 63.9 Å². The molecule has 152 valence electrons. The highest BCUT2D eigenvalue weighted by molar-refractivity contribution is 6.30. The number of nitrogens with two attached hydrogens (primary N) is 1. The number of ketones is 1. The molecule has 0 unspecified atom stereocenters. The van der Waals surface area contributed by atoms with Crippen LogP contribution in [0.25, 0.3) is 0 Å². The number of halogens is 3. The molecule has 2 N–H and O–H groups in total. The van der Waals surface area contributed by atoms with E-state index < -0.39 is 18.1 Å². The number of hydrogen-bond acceptors (Lipinski definition) is 5. The molecule has 1 aliphatic heterocycles. The molecule has 29 heavy (non-hydrogen) atoms. The average Bonchev–Trinajstić information content (AvgIpc) is 2.79. The third-order valence-corrected chi connectivity index (χ3v) is 5.68. The van der Waals surface area contributed by atoms with Crippen LogP contribution < -0.4 is 5.73 Å². The van der Waals surface area contributed by atoms with Crippen LogP contribution in [0, 0.1) is 0 Å². The summed E-state index contributed by atoms with van der Waals surface area (Å²) in [6.07, 6.45) is 2.87. The number of aryl methyl sites for hydroxylation is 1. The van der Waals surface area contributed by atoms with Crippen molar-refractivity contribution in [1.82, 2.24) is 4.98 Å². The van der Waals surface area contributed by atoms with E-state index in [1.165, 1.54) is 6.20 Å². The molecule has 0 bridgehead atoms. The predicted octanol–water partition coefficient (Wildman–Crippen LogP) is 3.71. The standard InChI is InChI=1S/C21H20ClF2N3O2/c22-15-5-6-17(26-10-15)18(28)9-13-3-4-14-2-1-7-20(16(14)8-13)21(23,24)12-29-11-19(25)27-20/h3-6,8,10H,1-2,7,9,11-12H2,(H2,25,27)/t20-/m1/s1. The molecular weight excluding hydrogens is 400 g/mol. The van der Waals surface area contributed by atoms with Gasteiger partial charge in [-0.05, 0) is 48.1 Å². The molecule has 5 nitrogen and oxygen atoms in total. The fourth-order valence-electron chi connectivity index (χ4n) is 4.08. The zero-order valence-corrected chi connectivity index (χ0v) is 16.4. The molecule has 1 spiro atoms. The van der Waals surface area contributed by atoms with Crippen LogP contribution in [0.4, 0.5) is 8.78 Å². The second-order valence-electron chi connectivity index (χ2n) is 7.47. The van der Waals surface area contributed by atoms with Gasteiger partial charge in [0.05, 0.1) is 5.02 Å². The zero-order valence-electron chi connectivity index (χ0n) is 15.6. The first-order valence-corrected chi connectivity index (χ1v) is 9.75.